The van der Waals surface area contributed by atoms with Gasteiger partial charge in [0.05, 0.1) is 18.4 Å². The SMILES string of the molecule is C=CCn1ncc(NC(C)C(=O)NCC(C)C)c(Br)c1=O. The predicted octanol–water partition coefficient (Wildman–Crippen LogP) is 1.76. The molecule has 1 rings (SSSR count). The molecule has 1 aromatic rings. The lowest BCUT2D eigenvalue weighted by Crippen LogP contribution is -2.39. The summed E-state index contributed by atoms with van der Waals surface area (Å²) in [5.41, 5.74) is 0.224. The van der Waals surface area contributed by atoms with E-state index in [-0.39, 0.29) is 11.5 Å². The minimum atomic E-state index is -0.462. The van der Waals surface area contributed by atoms with E-state index in [9.17, 15) is 9.59 Å². The normalized spacial score (nSPS) is 12.0. The molecule has 116 valence electrons. The molecule has 0 saturated heterocycles. The fraction of sp³-hybridized carbons (Fsp3) is 0.500. The zero-order valence-corrected chi connectivity index (χ0v) is 14.1. The molecule has 0 fully saturated rings. The van der Waals surface area contributed by atoms with Gasteiger partial charge in [0.25, 0.3) is 5.56 Å². The largest absolute Gasteiger partial charge is 0.372 e. The van der Waals surface area contributed by atoms with Gasteiger partial charge >= 0.3 is 0 Å². The lowest BCUT2D eigenvalue weighted by atomic mass is 10.2. The van der Waals surface area contributed by atoms with Crippen molar-refractivity contribution in [2.75, 3.05) is 11.9 Å². The first-order valence-corrected chi connectivity index (χ1v) is 7.56. The molecule has 0 aromatic carbocycles. The number of hydrogen-bond donors (Lipinski definition) is 2. The van der Waals surface area contributed by atoms with Gasteiger partial charge in [0.1, 0.15) is 10.5 Å². The van der Waals surface area contributed by atoms with Crippen LogP contribution >= 0.6 is 15.9 Å². The molecule has 21 heavy (non-hydrogen) atoms. The molecule has 1 heterocycles. The van der Waals surface area contributed by atoms with E-state index < -0.39 is 6.04 Å². The van der Waals surface area contributed by atoms with Gasteiger partial charge in [-0.3, -0.25) is 9.59 Å². The Morgan fingerprint density at radius 2 is 2.19 bits per heavy atom. The molecule has 0 aliphatic carbocycles. The third kappa shape index (κ3) is 5.00. The molecule has 1 aromatic heterocycles. The van der Waals surface area contributed by atoms with Gasteiger partial charge in [0.2, 0.25) is 5.91 Å². The smallest absolute Gasteiger partial charge is 0.283 e. The second-order valence-electron chi connectivity index (χ2n) is 5.15. The Morgan fingerprint density at radius 1 is 1.52 bits per heavy atom. The van der Waals surface area contributed by atoms with Gasteiger partial charge < -0.3 is 10.6 Å². The van der Waals surface area contributed by atoms with Gasteiger partial charge in [-0.2, -0.15) is 5.10 Å². The number of hydrogen-bond acceptors (Lipinski definition) is 4. The Balaban J connectivity index is 2.79. The van der Waals surface area contributed by atoms with E-state index in [4.69, 9.17) is 0 Å². The number of nitrogens with one attached hydrogen (secondary N) is 2. The van der Waals surface area contributed by atoms with Crippen molar-refractivity contribution in [3.8, 4) is 0 Å². The molecule has 2 N–H and O–H groups in total. The van der Waals surface area contributed by atoms with Crippen LogP contribution in [0.25, 0.3) is 0 Å². The summed E-state index contributed by atoms with van der Waals surface area (Å²) in [5, 5.41) is 9.84. The van der Waals surface area contributed by atoms with Crippen molar-refractivity contribution in [3.05, 3.63) is 33.7 Å². The van der Waals surface area contributed by atoms with Crippen LogP contribution < -0.4 is 16.2 Å². The molecule has 0 aliphatic heterocycles. The van der Waals surface area contributed by atoms with E-state index in [1.54, 1.807) is 13.0 Å². The maximum absolute atomic E-state index is 12.0. The molecular weight excluding hydrogens is 336 g/mol. The van der Waals surface area contributed by atoms with Crippen LogP contribution in [-0.4, -0.2) is 28.3 Å². The zero-order chi connectivity index (χ0) is 16.0. The van der Waals surface area contributed by atoms with Crippen LogP contribution in [0.1, 0.15) is 20.8 Å². The summed E-state index contributed by atoms with van der Waals surface area (Å²) in [6.45, 7) is 10.3. The van der Waals surface area contributed by atoms with Gasteiger partial charge in [-0.25, -0.2) is 4.68 Å². The predicted molar refractivity (Wildman–Crippen MR) is 87.3 cm³/mol. The van der Waals surface area contributed by atoms with E-state index in [0.29, 0.717) is 29.2 Å². The third-order valence-electron chi connectivity index (χ3n) is 2.74. The van der Waals surface area contributed by atoms with E-state index in [1.165, 1.54) is 10.9 Å². The van der Waals surface area contributed by atoms with Crippen molar-refractivity contribution >= 4 is 27.5 Å². The van der Waals surface area contributed by atoms with Crippen molar-refractivity contribution in [2.45, 2.75) is 33.4 Å². The van der Waals surface area contributed by atoms with Crippen molar-refractivity contribution in [1.29, 1.82) is 0 Å². The van der Waals surface area contributed by atoms with Crippen LogP contribution in [0, 0.1) is 5.92 Å². The highest BCUT2D eigenvalue weighted by molar-refractivity contribution is 9.10. The summed E-state index contributed by atoms with van der Waals surface area (Å²) in [4.78, 5) is 23.9. The third-order valence-corrected chi connectivity index (χ3v) is 3.50. The first-order valence-electron chi connectivity index (χ1n) is 6.77. The molecule has 0 spiro atoms. The van der Waals surface area contributed by atoms with Crippen LogP contribution in [0.4, 0.5) is 5.69 Å². The van der Waals surface area contributed by atoms with Crippen LogP contribution in [0.5, 0.6) is 0 Å². The topological polar surface area (TPSA) is 76.0 Å². The van der Waals surface area contributed by atoms with E-state index in [1.807, 2.05) is 13.8 Å². The molecule has 0 aliphatic rings. The Labute approximate surface area is 132 Å². The number of anilines is 1. The van der Waals surface area contributed by atoms with Crippen molar-refractivity contribution < 1.29 is 4.79 Å². The number of carbonyl (C=O) groups is 1. The Morgan fingerprint density at radius 3 is 2.76 bits per heavy atom. The summed E-state index contributed by atoms with van der Waals surface area (Å²) in [6, 6.07) is -0.462. The first kappa shape index (κ1) is 17.4. The quantitative estimate of drug-likeness (QED) is 0.730. The van der Waals surface area contributed by atoms with Gasteiger partial charge in [0, 0.05) is 6.54 Å². The number of rotatable bonds is 7. The highest BCUT2D eigenvalue weighted by atomic mass is 79.9. The lowest BCUT2D eigenvalue weighted by Gasteiger charge is -2.17. The van der Waals surface area contributed by atoms with Gasteiger partial charge in [-0.05, 0) is 28.8 Å². The maximum Gasteiger partial charge on any atom is 0.283 e. The first-order chi connectivity index (χ1) is 9.86. The van der Waals surface area contributed by atoms with Gasteiger partial charge in [-0.15, -0.1) is 6.58 Å². The molecule has 7 heteroatoms. The molecule has 0 saturated carbocycles. The molecular formula is C14H21BrN4O2. The van der Waals surface area contributed by atoms with Crippen LogP contribution in [-0.2, 0) is 11.3 Å². The van der Waals surface area contributed by atoms with Crippen molar-refractivity contribution in [3.63, 3.8) is 0 Å². The fourth-order valence-electron chi connectivity index (χ4n) is 1.57. The molecule has 0 radical (unpaired) electrons. The second-order valence-corrected chi connectivity index (χ2v) is 5.95. The Bertz CT molecular complexity index is 569. The van der Waals surface area contributed by atoms with Gasteiger partial charge in [-0.1, -0.05) is 19.9 Å². The van der Waals surface area contributed by atoms with E-state index in [2.05, 4.69) is 38.2 Å². The molecule has 1 atom stereocenters. The van der Waals surface area contributed by atoms with Gasteiger partial charge in [0.15, 0.2) is 0 Å². The standard InChI is InChI=1S/C14H21BrN4O2/c1-5-6-19-14(21)12(15)11(8-17-19)18-10(4)13(20)16-7-9(2)3/h5,8-10,18H,1,6-7H2,2-4H3,(H,16,20). The number of amides is 1. The molecule has 0 bridgehead atoms. The van der Waals surface area contributed by atoms with E-state index in [0.717, 1.165) is 0 Å². The fourth-order valence-corrected chi connectivity index (χ4v) is 2.00. The number of halogens is 1. The number of allylic oxidation sites excluding steroid dienone is 1. The summed E-state index contributed by atoms with van der Waals surface area (Å²) in [6.07, 6.45) is 3.11. The summed E-state index contributed by atoms with van der Waals surface area (Å²) in [7, 11) is 0. The second kappa shape index (κ2) is 7.97. The summed E-state index contributed by atoms with van der Waals surface area (Å²) >= 11 is 3.24. The maximum atomic E-state index is 12.0. The van der Waals surface area contributed by atoms with Crippen LogP contribution in [0.2, 0.25) is 0 Å². The highest BCUT2D eigenvalue weighted by Gasteiger charge is 2.16. The van der Waals surface area contributed by atoms with Crippen molar-refractivity contribution in [1.82, 2.24) is 15.1 Å². The monoisotopic (exact) mass is 356 g/mol. The number of nitrogens with zero attached hydrogens (tertiary/aromatic N) is 2. The van der Waals surface area contributed by atoms with Crippen LogP contribution in [0.15, 0.2) is 28.1 Å². The van der Waals surface area contributed by atoms with Crippen LogP contribution in [0.3, 0.4) is 0 Å². The lowest BCUT2D eigenvalue weighted by molar-refractivity contribution is -0.121. The number of carbonyl (C=O) groups excluding carboxylic acids is 1. The highest BCUT2D eigenvalue weighted by Crippen LogP contribution is 2.17. The Kier molecular flexibility index (Phi) is 6.61. The van der Waals surface area contributed by atoms with E-state index >= 15 is 0 Å². The minimum Gasteiger partial charge on any atom is -0.372 e. The molecule has 6 nitrogen and oxygen atoms in total. The number of aromatic nitrogens is 2. The Hall–Kier alpha value is -1.63. The van der Waals surface area contributed by atoms with Crippen molar-refractivity contribution in [2.24, 2.45) is 5.92 Å². The minimum absolute atomic E-state index is 0.120. The average molecular weight is 357 g/mol. The molecule has 1 unspecified atom stereocenters. The summed E-state index contributed by atoms with van der Waals surface area (Å²) in [5.74, 6) is 0.267. The summed E-state index contributed by atoms with van der Waals surface area (Å²) < 4.78 is 1.63. The molecule has 1 amide bonds. The average Bonchev–Trinajstić information content (AvgIpc) is 2.44. The zero-order valence-electron chi connectivity index (χ0n) is 12.5.